The van der Waals surface area contributed by atoms with Gasteiger partial charge >= 0.3 is 6.09 Å². The van der Waals surface area contributed by atoms with E-state index in [1.807, 2.05) is 27.7 Å². The summed E-state index contributed by atoms with van der Waals surface area (Å²) in [5.41, 5.74) is -0.412. The molecular formula is C11H22N2O2. The van der Waals surface area contributed by atoms with Gasteiger partial charge in [-0.2, -0.15) is 0 Å². The second kappa shape index (κ2) is 4.39. The van der Waals surface area contributed by atoms with Crippen LogP contribution in [0.3, 0.4) is 0 Å². The van der Waals surface area contributed by atoms with E-state index in [9.17, 15) is 4.79 Å². The Morgan fingerprint density at radius 3 is 2.53 bits per heavy atom. The summed E-state index contributed by atoms with van der Waals surface area (Å²) in [6, 6.07) is 0.514. The van der Waals surface area contributed by atoms with Gasteiger partial charge < -0.3 is 15.0 Å². The minimum absolute atomic E-state index is 0.189. The third-order valence-electron chi connectivity index (χ3n) is 2.66. The van der Waals surface area contributed by atoms with E-state index in [0.29, 0.717) is 6.04 Å². The summed E-state index contributed by atoms with van der Waals surface area (Å²) in [7, 11) is 0. The Morgan fingerprint density at radius 2 is 2.00 bits per heavy atom. The van der Waals surface area contributed by atoms with Gasteiger partial charge in [-0.25, -0.2) is 4.79 Å². The van der Waals surface area contributed by atoms with E-state index in [4.69, 9.17) is 4.74 Å². The van der Waals surface area contributed by atoms with Crippen molar-refractivity contribution >= 4 is 6.09 Å². The van der Waals surface area contributed by atoms with Gasteiger partial charge in [0.1, 0.15) is 5.60 Å². The first-order valence-corrected chi connectivity index (χ1v) is 5.54. The Bertz CT molecular complexity index is 235. The first-order valence-electron chi connectivity index (χ1n) is 5.54. The smallest absolute Gasteiger partial charge is 0.410 e. The molecule has 1 saturated heterocycles. The van der Waals surface area contributed by atoms with Crippen molar-refractivity contribution in [3.63, 3.8) is 0 Å². The number of hydrogen-bond donors (Lipinski definition) is 1. The van der Waals surface area contributed by atoms with E-state index in [1.54, 1.807) is 4.90 Å². The molecule has 0 aromatic carbocycles. The number of amides is 1. The lowest BCUT2D eigenvalue weighted by Gasteiger charge is -2.39. The van der Waals surface area contributed by atoms with E-state index < -0.39 is 5.60 Å². The summed E-state index contributed by atoms with van der Waals surface area (Å²) < 4.78 is 5.36. The van der Waals surface area contributed by atoms with Gasteiger partial charge in [-0.15, -0.1) is 0 Å². The van der Waals surface area contributed by atoms with Gasteiger partial charge in [0.05, 0.1) is 0 Å². The quantitative estimate of drug-likeness (QED) is 0.666. The zero-order chi connectivity index (χ0) is 11.6. The molecule has 15 heavy (non-hydrogen) atoms. The number of nitrogens with one attached hydrogen (secondary N) is 1. The summed E-state index contributed by atoms with van der Waals surface area (Å²) in [6.45, 7) is 11.4. The molecule has 1 aliphatic rings. The minimum atomic E-state index is -0.412. The zero-order valence-electron chi connectivity index (χ0n) is 10.3. The van der Waals surface area contributed by atoms with Gasteiger partial charge in [0.2, 0.25) is 0 Å². The largest absolute Gasteiger partial charge is 0.444 e. The van der Waals surface area contributed by atoms with Gasteiger partial charge in [0.25, 0.3) is 0 Å². The molecule has 1 heterocycles. The van der Waals surface area contributed by atoms with Crippen LogP contribution in [0.4, 0.5) is 4.79 Å². The predicted octanol–water partition coefficient (Wildman–Crippen LogP) is 1.60. The van der Waals surface area contributed by atoms with Crippen molar-refractivity contribution in [2.75, 3.05) is 13.1 Å². The third-order valence-corrected chi connectivity index (χ3v) is 2.66. The maximum atomic E-state index is 11.8. The lowest BCUT2D eigenvalue weighted by Crippen LogP contribution is -2.57. The van der Waals surface area contributed by atoms with Crippen LogP contribution in [0.1, 0.15) is 34.6 Å². The van der Waals surface area contributed by atoms with Crippen LogP contribution in [0.2, 0.25) is 0 Å². The fourth-order valence-electron chi connectivity index (χ4n) is 1.63. The van der Waals surface area contributed by atoms with Crippen molar-refractivity contribution < 1.29 is 9.53 Å². The molecular weight excluding hydrogens is 192 g/mol. The molecule has 0 aliphatic carbocycles. The lowest BCUT2D eigenvalue weighted by atomic mass is 10.1. The zero-order valence-corrected chi connectivity index (χ0v) is 10.3. The number of nitrogens with zero attached hydrogens (tertiary/aromatic N) is 1. The summed E-state index contributed by atoms with van der Waals surface area (Å²) in [4.78, 5) is 13.6. The Kier molecular flexibility index (Phi) is 3.60. The van der Waals surface area contributed by atoms with Gasteiger partial charge in [-0.05, 0) is 34.6 Å². The molecule has 1 rings (SSSR count). The van der Waals surface area contributed by atoms with E-state index in [-0.39, 0.29) is 12.1 Å². The van der Waals surface area contributed by atoms with Crippen LogP contribution in [0.15, 0.2) is 0 Å². The highest BCUT2D eigenvalue weighted by Crippen LogP contribution is 2.15. The monoisotopic (exact) mass is 214 g/mol. The Labute approximate surface area is 92.0 Å². The predicted molar refractivity (Wildman–Crippen MR) is 59.9 cm³/mol. The first kappa shape index (κ1) is 12.3. The molecule has 4 heteroatoms. The number of rotatable bonds is 0. The molecule has 0 saturated carbocycles. The highest BCUT2D eigenvalue weighted by atomic mass is 16.6. The number of carbonyl (C=O) groups is 1. The molecule has 4 nitrogen and oxygen atoms in total. The molecule has 1 amide bonds. The standard InChI is InChI=1S/C11H22N2O2/c1-8-9(2)13(7-6-12-8)10(14)15-11(3,4)5/h8-9,12H,6-7H2,1-5H3/t8-,9+/m0/s1. The van der Waals surface area contributed by atoms with Crippen LogP contribution < -0.4 is 5.32 Å². The summed E-state index contributed by atoms with van der Waals surface area (Å²) in [5.74, 6) is 0. The van der Waals surface area contributed by atoms with Crippen molar-refractivity contribution in [3.05, 3.63) is 0 Å². The molecule has 1 N–H and O–H groups in total. The average molecular weight is 214 g/mol. The molecule has 0 unspecified atom stereocenters. The molecule has 1 fully saturated rings. The lowest BCUT2D eigenvalue weighted by molar-refractivity contribution is 0.00927. The Morgan fingerprint density at radius 1 is 1.40 bits per heavy atom. The topological polar surface area (TPSA) is 41.6 Å². The second-order valence-corrected chi connectivity index (χ2v) is 5.16. The van der Waals surface area contributed by atoms with Crippen LogP contribution in [-0.2, 0) is 4.74 Å². The molecule has 2 atom stereocenters. The van der Waals surface area contributed by atoms with Crippen molar-refractivity contribution in [2.24, 2.45) is 0 Å². The first-order chi connectivity index (χ1) is 6.81. The molecule has 0 radical (unpaired) electrons. The number of ether oxygens (including phenoxy) is 1. The highest BCUT2D eigenvalue weighted by Gasteiger charge is 2.31. The van der Waals surface area contributed by atoms with Gasteiger partial charge in [-0.1, -0.05) is 0 Å². The van der Waals surface area contributed by atoms with E-state index in [1.165, 1.54) is 0 Å². The van der Waals surface area contributed by atoms with Crippen LogP contribution in [0, 0.1) is 0 Å². The number of carbonyl (C=O) groups excluding carboxylic acids is 1. The van der Waals surface area contributed by atoms with E-state index >= 15 is 0 Å². The maximum Gasteiger partial charge on any atom is 0.410 e. The molecule has 0 aromatic heterocycles. The summed E-state index contributed by atoms with van der Waals surface area (Å²) >= 11 is 0. The fourth-order valence-corrected chi connectivity index (χ4v) is 1.63. The average Bonchev–Trinajstić information content (AvgIpc) is 2.06. The van der Waals surface area contributed by atoms with Crippen LogP contribution in [0.25, 0.3) is 0 Å². The van der Waals surface area contributed by atoms with Crippen molar-refractivity contribution in [1.29, 1.82) is 0 Å². The Hall–Kier alpha value is -0.770. The maximum absolute atomic E-state index is 11.8. The van der Waals surface area contributed by atoms with Gasteiger partial charge in [0.15, 0.2) is 0 Å². The molecule has 88 valence electrons. The second-order valence-electron chi connectivity index (χ2n) is 5.16. The molecule has 0 spiro atoms. The highest BCUT2D eigenvalue weighted by molar-refractivity contribution is 5.68. The Balaban J connectivity index is 2.59. The van der Waals surface area contributed by atoms with Crippen molar-refractivity contribution in [1.82, 2.24) is 10.2 Å². The van der Waals surface area contributed by atoms with Gasteiger partial charge in [-0.3, -0.25) is 0 Å². The van der Waals surface area contributed by atoms with E-state index in [0.717, 1.165) is 13.1 Å². The van der Waals surface area contributed by atoms with Crippen molar-refractivity contribution in [2.45, 2.75) is 52.3 Å². The summed E-state index contributed by atoms with van der Waals surface area (Å²) in [6.07, 6.45) is -0.205. The SMILES string of the molecule is C[C@@H]1NCCN(C(=O)OC(C)(C)C)[C@@H]1C. The number of hydrogen-bond acceptors (Lipinski definition) is 3. The van der Waals surface area contributed by atoms with Gasteiger partial charge in [0, 0.05) is 25.2 Å². The summed E-state index contributed by atoms with van der Waals surface area (Å²) in [5, 5.41) is 3.33. The number of piperazine rings is 1. The van der Waals surface area contributed by atoms with Crippen LogP contribution in [0.5, 0.6) is 0 Å². The molecule has 1 aliphatic heterocycles. The minimum Gasteiger partial charge on any atom is -0.444 e. The fraction of sp³-hybridized carbons (Fsp3) is 0.909. The normalized spacial score (nSPS) is 27.7. The molecule has 0 aromatic rings. The van der Waals surface area contributed by atoms with E-state index in [2.05, 4.69) is 12.2 Å². The van der Waals surface area contributed by atoms with Crippen LogP contribution in [-0.4, -0.2) is 41.8 Å². The van der Waals surface area contributed by atoms with Crippen LogP contribution >= 0.6 is 0 Å². The third kappa shape index (κ3) is 3.38. The van der Waals surface area contributed by atoms with Crippen molar-refractivity contribution in [3.8, 4) is 0 Å². The molecule has 0 bridgehead atoms.